The zero-order chi connectivity index (χ0) is 15.9. The number of nitrogens with zero attached hydrogens (tertiary/aromatic N) is 3. The van der Waals surface area contributed by atoms with E-state index >= 15 is 0 Å². The lowest BCUT2D eigenvalue weighted by Gasteiger charge is -1.97. The van der Waals surface area contributed by atoms with Crippen molar-refractivity contribution in [3.8, 4) is 6.07 Å². The second kappa shape index (κ2) is 5.55. The van der Waals surface area contributed by atoms with Crippen LogP contribution in [0.1, 0.15) is 21.8 Å². The number of hydrogen-bond acceptors (Lipinski definition) is 5. The summed E-state index contributed by atoms with van der Waals surface area (Å²) in [6, 6.07) is 7.55. The molecule has 0 saturated heterocycles. The van der Waals surface area contributed by atoms with Crippen LogP contribution in [0.25, 0.3) is 6.08 Å². The molecule has 2 aromatic heterocycles. The van der Waals surface area contributed by atoms with Crippen molar-refractivity contribution < 1.29 is 9.53 Å². The van der Waals surface area contributed by atoms with E-state index in [0.29, 0.717) is 11.6 Å². The number of carbonyl (C=O) groups excluding carboxylic acids is 1. The maximum atomic E-state index is 12.0. The molecule has 0 radical (unpaired) electrons. The van der Waals surface area contributed by atoms with Crippen molar-refractivity contribution in [1.29, 1.82) is 5.26 Å². The Hall–Kier alpha value is -2.17. The van der Waals surface area contributed by atoms with E-state index in [-0.39, 0.29) is 5.70 Å². The Morgan fingerprint density at radius 2 is 2.27 bits per heavy atom. The van der Waals surface area contributed by atoms with E-state index in [1.54, 1.807) is 23.8 Å². The monoisotopic (exact) mass is 375 g/mol. The van der Waals surface area contributed by atoms with Crippen LogP contribution in [0.4, 0.5) is 0 Å². The summed E-state index contributed by atoms with van der Waals surface area (Å²) in [4.78, 5) is 17.0. The largest absolute Gasteiger partial charge is 0.401 e. The number of ether oxygens (including phenoxy) is 1. The Bertz CT molecular complexity index is 883. The predicted octanol–water partition coefficient (Wildman–Crippen LogP) is 3.37. The molecule has 0 saturated carbocycles. The van der Waals surface area contributed by atoms with Crippen molar-refractivity contribution in [1.82, 2.24) is 4.57 Å². The van der Waals surface area contributed by atoms with Gasteiger partial charge in [0.1, 0.15) is 11.8 Å². The molecule has 0 bridgehead atoms. The summed E-state index contributed by atoms with van der Waals surface area (Å²) in [5.74, 6) is -0.178. The molecule has 0 fully saturated rings. The van der Waals surface area contributed by atoms with E-state index in [0.717, 1.165) is 19.9 Å². The van der Waals surface area contributed by atoms with Crippen LogP contribution in [0.2, 0.25) is 0 Å². The molecule has 0 atom stereocenters. The SMILES string of the molecule is Cc1c(/C=C2\N=C(c3ccc(Br)s3)OC2=O)cc(C#N)n1C. The second-order valence-electron chi connectivity index (χ2n) is 4.68. The number of esters is 1. The van der Waals surface area contributed by atoms with Crippen molar-refractivity contribution >= 4 is 45.2 Å². The van der Waals surface area contributed by atoms with Crippen LogP contribution in [0.15, 0.2) is 32.7 Å². The molecule has 1 aliphatic rings. The minimum Gasteiger partial charge on any atom is -0.401 e. The predicted molar refractivity (Wildman–Crippen MR) is 87.5 cm³/mol. The Morgan fingerprint density at radius 3 is 2.86 bits per heavy atom. The van der Waals surface area contributed by atoms with Crippen molar-refractivity contribution in [3.63, 3.8) is 0 Å². The third-order valence-corrected chi connectivity index (χ3v) is 5.00. The second-order valence-corrected chi connectivity index (χ2v) is 7.14. The summed E-state index contributed by atoms with van der Waals surface area (Å²) in [7, 11) is 1.81. The van der Waals surface area contributed by atoms with Crippen molar-refractivity contribution in [3.05, 3.63) is 49.5 Å². The van der Waals surface area contributed by atoms with Gasteiger partial charge in [0, 0.05) is 12.7 Å². The molecule has 3 rings (SSSR count). The van der Waals surface area contributed by atoms with Crippen molar-refractivity contribution in [2.75, 3.05) is 0 Å². The Labute approximate surface area is 139 Å². The molecule has 0 unspecified atom stereocenters. The summed E-state index contributed by atoms with van der Waals surface area (Å²) in [6.45, 7) is 1.88. The summed E-state index contributed by atoms with van der Waals surface area (Å²) >= 11 is 4.81. The molecule has 22 heavy (non-hydrogen) atoms. The van der Waals surface area contributed by atoms with Gasteiger partial charge in [0.2, 0.25) is 5.90 Å². The highest BCUT2D eigenvalue weighted by molar-refractivity contribution is 9.11. The highest BCUT2D eigenvalue weighted by atomic mass is 79.9. The molecule has 2 aromatic rings. The number of aliphatic imine (C=N–C) groups is 1. The van der Waals surface area contributed by atoms with Crippen LogP contribution in [-0.4, -0.2) is 16.4 Å². The van der Waals surface area contributed by atoms with Crippen LogP contribution in [0.5, 0.6) is 0 Å². The molecule has 110 valence electrons. The zero-order valence-electron chi connectivity index (χ0n) is 11.8. The molecule has 0 spiro atoms. The van der Waals surface area contributed by atoms with Crippen molar-refractivity contribution in [2.24, 2.45) is 12.0 Å². The van der Waals surface area contributed by atoms with Crippen LogP contribution < -0.4 is 0 Å². The summed E-state index contributed by atoms with van der Waals surface area (Å²) in [5, 5.41) is 9.05. The fourth-order valence-corrected chi connectivity index (χ4v) is 3.38. The van der Waals surface area contributed by atoms with E-state index in [1.807, 2.05) is 19.1 Å². The van der Waals surface area contributed by atoms with Crippen LogP contribution in [-0.2, 0) is 16.6 Å². The van der Waals surface area contributed by atoms with E-state index in [4.69, 9.17) is 10.00 Å². The topological polar surface area (TPSA) is 67.4 Å². The van der Waals surface area contributed by atoms with Gasteiger partial charge in [-0.1, -0.05) is 0 Å². The molecule has 5 nitrogen and oxygen atoms in total. The lowest BCUT2D eigenvalue weighted by Crippen LogP contribution is -2.03. The van der Waals surface area contributed by atoms with Gasteiger partial charge in [-0.05, 0) is 52.7 Å². The molecular formula is C15H10BrN3O2S. The smallest absolute Gasteiger partial charge is 0.363 e. The number of halogens is 1. The van der Waals surface area contributed by atoms with E-state index in [2.05, 4.69) is 27.0 Å². The lowest BCUT2D eigenvalue weighted by atomic mass is 10.2. The molecule has 0 aliphatic carbocycles. The van der Waals surface area contributed by atoms with E-state index in [1.165, 1.54) is 11.3 Å². The standard InChI is InChI=1S/C15H10BrN3O2S/c1-8-9(5-10(7-17)19(8)2)6-11-15(20)21-14(18-11)12-3-4-13(16)22-12/h3-6H,1-2H3/b11-6-. The Balaban J connectivity index is 2.00. The maximum absolute atomic E-state index is 12.0. The number of thiophene rings is 1. The first-order valence-electron chi connectivity index (χ1n) is 6.34. The third kappa shape index (κ3) is 2.51. The number of nitriles is 1. The summed E-state index contributed by atoms with van der Waals surface area (Å²) < 4.78 is 7.92. The highest BCUT2D eigenvalue weighted by Gasteiger charge is 2.25. The third-order valence-electron chi connectivity index (χ3n) is 3.39. The van der Waals surface area contributed by atoms with Gasteiger partial charge in [-0.3, -0.25) is 0 Å². The molecular weight excluding hydrogens is 366 g/mol. The molecule has 0 amide bonds. The number of cyclic esters (lactones) is 1. The number of hydrogen-bond donors (Lipinski definition) is 0. The van der Waals surface area contributed by atoms with E-state index < -0.39 is 5.97 Å². The molecule has 7 heteroatoms. The number of carbonyl (C=O) groups is 1. The quantitative estimate of drug-likeness (QED) is 0.596. The minimum absolute atomic E-state index is 0.234. The van der Waals surface area contributed by atoms with Crippen LogP contribution in [0, 0.1) is 18.3 Å². The summed E-state index contributed by atoms with van der Waals surface area (Å²) in [5.41, 5.74) is 2.43. The first kappa shape index (κ1) is 14.8. The van der Waals surface area contributed by atoms with Crippen molar-refractivity contribution in [2.45, 2.75) is 6.92 Å². The van der Waals surface area contributed by atoms with Gasteiger partial charge in [-0.15, -0.1) is 11.3 Å². The molecule has 0 aromatic carbocycles. The van der Waals surface area contributed by atoms with Gasteiger partial charge >= 0.3 is 5.97 Å². The van der Waals surface area contributed by atoms with Gasteiger partial charge in [0.05, 0.1) is 8.66 Å². The van der Waals surface area contributed by atoms with Gasteiger partial charge in [0.15, 0.2) is 5.70 Å². The molecule has 3 heterocycles. The first-order chi connectivity index (χ1) is 10.5. The first-order valence-corrected chi connectivity index (χ1v) is 7.95. The van der Waals surface area contributed by atoms with Gasteiger partial charge < -0.3 is 9.30 Å². The van der Waals surface area contributed by atoms with Gasteiger partial charge in [-0.2, -0.15) is 5.26 Å². The van der Waals surface area contributed by atoms with Gasteiger partial charge in [-0.25, -0.2) is 9.79 Å². The average molecular weight is 376 g/mol. The van der Waals surface area contributed by atoms with Gasteiger partial charge in [0.25, 0.3) is 0 Å². The summed E-state index contributed by atoms with van der Waals surface area (Å²) in [6.07, 6.45) is 1.65. The number of aromatic nitrogens is 1. The lowest BCUT2D eigenvalue weighted by molar-refractivity contribution is -0.129. The Morgan fingerprint density at radius 1 is 1.50 bits per heavy atom. The van der Waals surface area contributed by atoms with E-state index in [9.17, 15) is 4.79 Å². The fraction of sp³-hybridized carbons (Fsp3) is 0.133. The highest BCUT2D eigenvalue weighted by Crippen LogP contribution is 2.27. The zero-order valence-corrected chi connectivity index (χ0v) is 14.2. The average Bonchev–Trinajstić information content (AvgIpc) is 3.14. The Kier molecular flexibility index (Phi) is 3.72. The normalized spacial score (nSPS) is 15.8. The van der Waals surface area contributed by atoms with Crippen LogP contribution >= 0.6 is 27.3 Å². The van der Waals surface area contributed by atoms with Crippen LogP contribution in [0.3, 0.4) is 0 Å². The fourth-order valence-electron chi connectivity index (χ4n) is 2.07. The maximum Gasteiger partial charge on any atom is 0.363 e. The molecule has 0 N–H and O–H groups in total. The minimum atomic E-state index is -0.485. The number of rotatable bonds is 2. The molecule has 1 aliphatic heterocycles.